The third-order valence-electron chi connectivity index (χ3n) is 17.6. The highest BCUT2D eigenvalue weighted by Gasteiger charge is 2.66. The number of rotatable bonds is 10. The van der Waals surface area contributed by atoms with E-state index in [2.05, 4.69) is 5.32 Å². The molecule has 0 bridgehead atoms. The van der Waals surface area contributed by atoms with Crippen molar-refractivity contribution < 1.29 is 34.0 Å². The van der Waals surface area contributed by atoms with Gasteiger partial charge in [0.15, 0.2) is 0 Å². The summed E-state index contributed by atoms with van der Waals surface area (Å²) in [4.78, 5) is 12.3. The fourth-order valence-electron chi connectivity index (χ4n) is 15.4. The Morgan fingerprint density at radius 2 is 1.65 bits per heavy atom. The molecule has 0 aromatic heterocycles. The van der Waals surface area contributed by atoms with Crippen LogP contribution < -0.4 is 11.1 Å². The summed E-state index contributed by atoms with van der Waals surface area (Å²) in [6.45, 7) is 3.02. The molecular formula is C45H76N2O7. The second-order valence-corrected chi connectivity index (χ2v) is 20.3. The van der Waals surface area contributed by atoms with Crippen molar-refractivity contribution in [3.8, 4) is 0 Å². The van der Waals surface area contributed by atoms with Gasteiger partial charge in [-0.15, -0.1) is 0 Å². The van der Waals surface area contributed by atoms with Gasteiger partial charge in [-0.2, -0.15) is 0 Å². The maximum atomic E-state index is 12.3. The zero-order valence-corrected chi connectivity index (χ0v) is 34.0. The van der Waals surface area contributed by atoms with E-state index in [0.29, 0.717) is 42.1 Å². The number of aliphatic hydroxyl groups is 2. The average Bonchev–Trinajstić information content (AvgIpc) is 3.76. The van der Waals surface area contributed by atoms with E-state index in [1.807, 2.05) is 7.11 Å². The van der Waals surface area contributed by atoms with Crippen molar-refractivity contribution in [3.05, 3.63) is 0 Å². The monoisotopic (exact) mass is 757 g/mol. The van der Waals surface area contributed by atoms with Crippen LogP contribution >= 0.6 is 0 Å². The fourth-order valence-corrected chi connectivity index (χ4v) is 15.4. The SMILES string of the molecule is COC1CC(C2OC3C(CCC4C5C(CC(O)CC5OC)CC5(CCC(C(CCC6CCCCC6)C6CCC(N)NC6)C5)C43)C2COC(C)=O)CCC1O. The van der Waals surface area contributed by atoms with Gasteiger partial charge in [0.1, 0.15) is 0 Å². The Kier molecular flexibility index (Phi) is 12.7. The molecule has 0 aromatic rings. The smallest absolute Gasteiger partial charge is 0.302 e. The lowest BCUT2D eigenvalue weighted by atomic mass is 9.45. The molecule has 0 radical (unpaired) electrons. The van der Waals surface area contributed by atoms with Crippen LogP contribution in [-0.2, 0) is 23.7 Å². The average molecular weight is 757 g/mol. The Labute approximate surface area is 326 Å². The molecule has 18 unspecified atom stereocenters. The Morgan fingerprint density at radius 1 is 0.852 bits per heavy atom. The zero-order chi connectivity index (χ0) is 37.6. The van der Waals surface area contributed by atoms with Gasteiger partial charge in [-0.25, -0.2) is 0 Å². The molecule has 6 aliphatic carbocycles. The normalized spacial score (nSPS) is 48.9. The molecule has 2 aliphatic heterocycles. The highest BCUT2D eigenvalue weighted by atomic mass is 16.5. The number of carbonyl (C=O) groups is 1. The topological polar surface area (TPSA) is 132 Å². The van der Waals surface area contributed by atoms with E-state index in [4.69, 9.17) is 24.7 Å². The molecule has 18 atom stereocenters. The third-order valence-corrected chi connectivity index (χ3v) is 17.6. The number of hydrogen-bond donors (Lipinski definition) is 4. The molecule has 308 valence electrons. The van der Waals surface area contributed by atoms with Crippen LogP contribution in [0.25, 0.3) is 0 Å². The van der Waals surface area contributed by atoms with Crippen LogP contribution in [0.5, 0.6) is 0 Å². The highest BCUT2D eigenvalue weighted by Crippen LogP contribution is 2.69. The van der Waals surface area contributed by atoms with Gasteiger partial charge in [0.2, 0.25) is 0 Å². The summed E-state index contributed by atoms with van der Waals surface area (Å²) in [6.07, 6.45) is 23.0. The number of aliphatic hydroxyl groups excluding tert-OH is 2. The van der Waals surface area contributed by atoms with Crippen LogP contribution in [0.1, 0.15) is 135 Å². The number of nitrogens with two attached hydrogens (primary N) is 1. The first-order chi connectivity index (χ1) is 26.2. The summed E-state index contributed by atoms with van der Waals surface area (Å²) >= 11 is 0. The maximum Gasteiger partial charge on any atom is 0.302 e. The largest absolute Gasteiger partial charge is 0.465 e. The van der Waals surface area contributed by atoms with Crippen molar-refractivity contribution in [2.24, 2.45) is 76.2 Å². The van der Waals surface area contributed by atoms with Crippen molar-refractivity contribution in [3.63, 3.8) is 0 Å². The van der Waals surface area contributed by atoms with E-state index < -0.39 is 6.10 Å². The number of piperidine rings is 1. The van der Waals surface area contributed by atoms with E-state index in [-0.39, 0.29) is 59.9 Å². The molecular weight excluding hydrogens is 681 g/mol. The molecule has 54 heavy (non-hydrogen) atoms. The number of esters is 1. The molecule has 6 saturated carbocycles. The first kappa shape index (κ1) is 40.0. The molecule has 0 amide bonds. The van der Waals surface area contributed by atoms with Crippen LogP contribution in [-0.4, -0.2) is 86.3 Å². The lowest BCUT2D eigenvalue weighted by Crippen LogP contribution is -2.59. The number of nitrogens with one attached hydrogen (secondary N) is 1. The van der Waals surface area contributed by atoms with E-state index in [0.717, 1.165) is 69.2 Å². The first-order valence-corrected chi connectivity index (χ1v) is 22.9. The van der Waals surface area contributed by atoms with E-state index >= 15 is 0 Å². The highest BCUT2D eigenvalue weighted by molar-refractivity contribution is 5.65. The van der Waals surface area contributed by atoms with Crippen LogP contribution in [0.2, 0.25) is 0 Å². The predicted molar refractivity (Wildman–Crippen MR) is 208 cm³/mol. The lowest BCUT2D eigenvalue weighted by molar-refractivity contribution is -0.192. The molecule has 9 nitrogen and oxygen atoms in total. The minimum absolute atomic E-state index is 0.00221. The van der Waals surface area contributed by atoms with Gasteiger partial charge >= 0.3 is 5.97 Å². The minimum atomic E-state index is -0.436. The van der Waals surface area contributed by atoms with Gasteiger partial charge in [0.05, 0.1) is 49.4 Å². The van der Waals surface area contributed by atoms with E-state index in [1.165, 1.54) is 90.4 Å². The minimum Gasteiger partial charge on any atom is -0.465 e. The molecule has 5 N–H and O–H groups in total. The molecule has 9 heteroatoms. The zero-order valence-electron chi connectivity index (χ0n) is 34.0. The predicted octanol–water partition coefficient (Wildman–Crippen LogP) is 6.60. The number of methoxy groups -OCH3 is 2. The fraction of sp³-hybridized carbons (Fsp3) is 0.978. The second-order valence-electron chi connectivity index (χ2n) is 20.3. The number of hydrogen-bond acceptors (Lipinski definition) is 9. The standard InChI is InChI=1S/C45H76N2O7/c1-26(48)53-25-36-34-13-14-35-41-31(19-32(49)21-39(41)52-3)23-45(42(35)44(34)54-43(36)28-10-15-37(50)38(20-28)51-2)18-17-29(22-45)33(30-11-16-40(46)47-24-30)12-9-27-7-5-4-6-8-27/h27-44,47,49-50H,4-25,46H2,1-3H3. The van der Waals surface area contributed by atoms with Crippen LogP contribution in [0.4, 0.5) is 0 Å². The van der Waals surface area contributed by atoms with Crippen molar-refractivity contribution in [2.45, 2.75) is 178 Å². The Morgan fingerprint density at radius 3 is 2.39 bits per heavy atom. The molecule has 2 saturated heterocycles. The van der Waals surface area contributed by atoms with Gasteiger partial charge < -0.3 is 40.2 Å². The van der Waals surface area contributed by atoms with Gasteiger partial charge in [-0.1, -0.05) is 38.5 Å². The van der Waals surface area contributed by atoms with E-state index in [9.17, 15) is 15.0 Å². The van der Waals surface area contributed by atoms with Crippen LogP contribution in [0.3, 0.4) is 0 Å². The quantitative estimate of drug-likeness (QED) is 0.182. The van der Waals surface area contributed by atoms with Crippen molar-refractivity contribution >= 4 is 5.97 Å². The number of fused-ring (bicyclic) bond motifs is 6. The molecule has 8 fully saturated rings. The molecule has 8 rings (SSSR count). The molecule has 2 heterocycles. The summed E-state index contributed by atoms with van der Waals surface area (Å²) in [7, 11) is 3.59. The van der Waals surface area contributed by atoms with Gasteiger partial charge in [0, 0.05) is 27.1 Å². The molecule has 1 spiro atoms. The van der Waals surface area contributed by atoms with Crippen LogP contribution in [0, 0.1) is 70.5 Å². The first-order valence-electron chi connectivity index (χ1n) is 22.9. The summed E-state index contributed by atoms with van der Waals surface area (Å²) in [5.74, 6) is 5.55. The van der Waals surface area contributed by atoms with Crippen LogP contribution in [0.15, 0.2) is 0 Å². The number of ether oxygens (including phenoxy) is 4. The Bertz CT molecular complexity index is 1240. The second kappa shape index (κ2) is 17.2. The maximum absolute atomic E-state index is 12.3. The van der Waals surface area contributed by atoms with Gasteiger partial charge in [-0.05, 0) is 161 Å². The lowest BCUT2D eigenvalue weighted by Gasteiger charge is -2.61. The van der Waals surface area contributed by atoms with Crippen molar-refractivity contribution in [2.75, 3.05) is 27.4 Å². The molecule has 8 aliphatic rings. The summed E-state index contributed by atoms with van der Waals surface area (Å²) < 4.78 is 25.6. The summed E-state index contributed by atoms with van der Waals surface area (Å²) in [6, 6.07) is 0. The summed E-state index contributed by atoms with van der Waals surface area (Å²) in [5.41, 5.74) is 6.60. The number of carbonyl (C=O) groups excluding carboxylic acids is 1. The molecule has 0 aromatic carbocycles. The van der Waals surface area contributed by atoms with Gasteiger partial charge in [-0.3, -0.25) is 4.79 Å². The third kappa shape index (κ3) is 7.97. The van der Waals surface area contributed by atoms with Crippen molar-refractivity contribution in [1.29, 1.82) is 0 Å². The van der Waals surface area contributed by atoms with Gasteiger partial charge in [0.25, 0.3) is 0 Å². The Balaban J connectivity index is 1.11. The summed E-state index contributed by atoms with van der Waals surface area (Å²) in [5, 5.41) is 25.7. The van der Waals surface area contributed by atoms with E-state index in [1.54, 1.807) is 7.11 Å². The Hall–Kier alpha value is -0.810. The van der Waals surface area contributed by atoms with Crippen molar-refractivity contribution in [1.82, 2.24) is 5.32 Å².